The van der Waals surface area contributed by atoms with E-state index in [1.807, 2.05) is 0 Å². The van der Waals surface area contributed by atoms with E-state index in [1.165, 1.54) is 0 Å². The summed E-state index contributed by atoms with van der Waals surface area (Å²) in [5.41, 5.74) is 0. The summed E-state index contributed by atoms with van der Waals surface area (Å²) in [5.74, 6) is -0.165. The Hall–Kier alpha value is -0.870. The van der Waals surface area contributed by atoms with Gasteiger partial charge in [0.25, 0.3) is 0 Å². The first-order valence-electron chi connectivity index (χ1n) is 4.52. The fourth-order valence-electron chi connectivity index (χ4n) is 1.25. The average molecular weight is 184 g/mol. The van der Waals surface area contributed by atoms with E-state index in [1.54, 1.807) is 6.08 Å². The van der Waals surface area contributed by atoms with Crippen LogP contribution in [-0.2, 0) is 9.53 Å². The number of esters is 1. The highest BCUT2D eigenvalue weighted by atomic mass is 16.5. The molecule has 0 radical (unpaired) electrons. The molecule has 1 aliphatic heterocycles. The van der Waals surface area contributed by atoms with Gasteiger partial charge in [-0.25, -0.2) is 0 Å². The van der Waals surface area contributed by atoms with Gasteiger partial charge in [-0.15, -0.1) is 0 Å². The van der Waals surface area contributed by atoms with Crippen molar-refractivity contribution in [2.45, 2.75) is 0 Å². The summed E-state index contributed by atoms with van der Waals surface area (Å²) in [6.45, 7) is 7.93. The molecule has 4 nitrogen and oxygen atoms in total. The number of hydrogen-bond donors (Lipinski definition) is 1. The van der Waals surface area contributed by atoms with E-state index >= 15 is 0 Å². The highest BCUT2D eigenvalue weighted by molar-refractivity contribution is 5.71. The van der Waals surface area contributed by atoms with Gasteiger partial charge in [-0.05, 0) is 0 Å². The lowest BCUT2D eigenvalue weighted by Gasteiger charge is -2.25. The van der Waals surface area contributed by atoms with E-state index in [4.69, 9.17) is 4.74 Å². The molecular formula is C9H16N2O2. The molecule has 13 heavy (non-hydrogen) atoms. The molecule has 0 aromatic heterocycles. The Morgan fingerprint density at radius 2 is 2.23 bits per heavy atom. The minimum atomic E-state index is -0.165. The Morgan fingerprint density at radius 1 is 1.54 bits per heavy atom. The quantitative estimate of drug-likeness (QED) is 0.478. The highest BCUT2D eigenvalue weighted by Crippen LogP contribution is 1.92. The molecule has 1 N–H and O–H groups in total. The maximum absolute atomic E-state index is 11.1. The number of nitrogens with zero attached hydrogens (tertiary/aromatic N) is 1. The van der Waals surface area contributed by atoms with E-state index in [9.17, 15) is 4.79 Å². The van der Waals surface area contributed by atoms with Crippen molar-refractivity contribution in [2.75, 3.05) is 39.3 Å². The molecule has 1 heterocycles. The molecule has 1 rings (SSSR count). The van der Waals surface area contributed by atoms with Gasteiger partial charge >= 0.3 is 5.97 Å². The Labute approximate surface area is 78.5 Å². The number of ether oxygens (including phenoxy) is 1. The average Bonchev–Trinajstić information content (AvgIpc) is 2.16. The lowest BCUT2D eigenvalue weighted by Crippen LogP contribution is -2.45. The summed E-state index contributed by atoms with van der Waals surface area (Å²) in [6.07, 6.45) is 1.58. The zero-order valence-electron chi connectivity index (χ0n) is 7.79. The molecule has 4 heteroatoms. The fourth-order valence-corrected chi connectivity index (χ4v) is 1.25. The van der Waals surface area contributed by atoms with Crippen LogP contribution in [0.1, 0.15) is 0 Å². The zero-order valence-corrected chi connectivity index (χ0v) is 7.79. The second-order valence-corrected chi connectivity index (χ2v) is 3.00. The Kier molecular flexibility index (Phi) is 4.49. The van der Waals surface area contributed by atoms with Gasteiger partial charge in [-0.2, -0.15) is 0 Å². The first-order chi connectivity index (χ1) is 6.33. The Morgan fingerprint density at radius 3 is 2.85 bits per heavy atom. The van der Waals surface area contributed by atoms with Crippen molar-refractivity contribution in [3.63, 3.8) is 0 Å². The number of piperazine rings is 1. The molecule has 0 unspecified atom stereocenters. The molecule has 1 fully saturated rings. The number of hydrogen-bond acceptors (Lipinski definition) is 4. The van der Waals surface area contributed by atoms with Gasteiger partial charge in [-0.1, -0.05) is 12.7 Å². The van der Waals surface area contributed by atoms with Crippen molar-refractivity contribution in [2.24, 2.45) is 0 Å². The molecule has 0 aromatic carbocycles. The maximum Gasteiger partial charge on any atom is 0.320 e. The van der Waals surface area contributed by atoms with Crippen molar-refractivity contribution in [3.8, 4) is 0 Å². The molecule has 1 saturated heterocycles. The molecule has 0 aromatic rings. The first kappa shape index (κ1) is 10.2. The van der Waals surface area contributed by atoms with E-state index in [0.717, 1.165) is 26.2 Å². The monoisotopic (exact) mass is 184 g/mol. The van der Waals surface area contributed by atoms with Crippen molar-refractivity contribution in [1.29, 1.82) is 0 Å². The number of carbonyl (C=O) groups excluding carboxylic acids is 1. The summed E-state index contributed by atoms with van der Waals surface area (Å²) >= 11 is 0. The third kappa shape index (κ3) is 4.05. The van der Waals surface area contributed by atoms with E-state index in [2.05, 4.69) is 16.8 Å². The topological polar surface area (TPSA) is 41.6 Å². The van der Waals surface area contributed by atoms with Gasteiger partial charge in [0.05, 0.1) is 6.54 Å². The van der Waals surface area contributed by atoms with Crippen LogP contribution in [0, 0.1) is 0 Å². The van der Waals surface area contributed by atoms with Crippen LogP contribution in [0.4, 0.5) is 0 Å². The summed E-state index contributed by atoms with van der Waals surface area (Å²) in [5, 5.41) is 3.22. The van der Waals surface area contributed by atoms with Crippen LogP contribution in [-0.4, -0.2) is 50.2 Å². The van der Waals surface area contributed by atoms with Gasteiger partial charge in [0.1, 0.15) is 6.61 Å². The second-order valence-electron chi connectivity index (χ2n) is 3.00. The SMILES string of the molecule is C=CCOC(=O)CN1CCNCC1. The smallest absolute Gasteiger partial charge is 0.320 e. The predicted molar refractivity (Wildman–Crippen MR) is 50.5 cm³/mol. The van der Waals surface area contributed by atoms with E-state index in [-0.39, 0.29) is 5.97 Å². The van der Waals surface area contributed by atoms with Crippen molar-refractivity contribution >= 4 is 5.97 Å². The molecule has 0 atom stereocenters. The molecule has 0 spiro atoms. The van der Waals surface area contributed by atoms with Crippen LogP contribution in [0.2, 0.25) is 0 Å². The third-order valence-corrected chi connectivity index (χ3v) is 1.92. The molecule has 74 valence electrons. The molecule has 0 amide bonds. The predicted octanol–water partition coefficient (Wildman–Crippen LogP) is -0.379. The third-order valence-electron chi connectivity index (χ3n) is 1.92. The number of carbonyl (C=O) groups is 1. The van der Waals surface area contributed by atoms with Crippen LogP contribution in [0.5, 0.6) is 0 Å². The Bertz CT molecular complexity index is 176. The second kappa shape index (κ2) is 5.72. The van der Waals surface area contributed by atoms with Gasteiger partial charge in [0, 0.05) is 26.2 Å². The first-order valence-corrected chi connectivity index (χ1v) is 4.52. The largest absolute Gasteiger partial charge is 0.461 e. The van der Waals surface area contributed by atoms with Gasteiger partial charge < -0.3 is 10.1 Å². The summed E-state index contributed by atoms with van der Waals surface area (Å²) in [7, 11) is 0. The number of nitrogens with one attached hydrogen (secondary N) is 1. The minimum Gasteiger partial charge on any atom is -0.461 e. The Balaban J connectivity index is 2.14. The van der Waals surface area contributed by atoms with Crippen molar-refractivity contribution in [1.82, 2.24) is 10.2 Å². The van der Waals surface area contributed by atoms with Crippen LogP contribution >= 0.6 is 0 Å². The summed E-state index contributed by atoms with van der Waals surface area (Å²) < 4.78 is 4.87. The van der Waals surface area contributed by atoms with Crippen molar-refractivity contribution < 1.29 is 9.53 Å². The molecular weight excluding hydrogens is 168 g/mol. The maximum atomic E-state index is 11.1. The molecule has 0 saturated carbocycles. The van der Waals surface area contributed by atoms with E-state index < -0.39 is 0 Å². The van der Waals surface area contributed by atoms with Crippen LogP contribution in [0.3, 0.4) is 0 Å². The fraction of sp³-hybridized carbons (Fsp3) is 0.667. The van der Waals surface area contributed by atoms with Crippen LogP contribution in [0.15, 0.2) is 12.7 Å². The zero-order chi connectivity index (χ0) is 9.52. The lowest BCUT2D eigenvalue weighted by atomic mass is 10.3. The highest BCUT2D eigenvalue weighted by Gasteiger charge is 2.13. The normalized spacial score (nSPS) is 18.2. The standard InChI is InChI=1S/C9H16N2O2/c1-2-7-13-9(12)8-11-5-3-10-4-6-11/h2,10H,1,3-8H2. The molecule has 0 bridgehead atoms. The summed E-state index contributed by atoms with van der Waals surface area (Å²) in [6, 6.07) is 0. The van der Waals surface area contributed by atoms with Gasteiger partial charge in [-0.3, -0.25) is 9.69 Å². The van der Waals surface area contributed by atoms with E-state index in [0.29, 0.717) is 13.2 Å². The number of rotatable bonds is 4. The van der Waals surface area contributed by atoms with Gasteiger partial charge in [0.15, 0.2) is 0 Å². The minimum absolute atomic E-state index is 0.165. The van der Waals surface area contributed by atoms with Crippen LogP contribution in [0.25, 0.3) is 0 Å². The molecule has 1 aliphatic rings. The van der Waals surface area contributed by atoms with Crippen molar-refractivity contribution in [3.05, 3.63) is 12.7 Å². The van der Waals surface area contributed by atoms with Crippen LogP contribution < -0.4 is 5.32 Å². The molecule has 0 aliphatic carbocycles. The lowest BCUT2D eigenvalue weighted by molar-refractivity contribution is -0.143. The summed E-state index contributed by atoms with van der Waals surface area (Å²) in [4.78, 5) is 13.2. The van der Waals surface area contributed by atoms with Gasteiger partial charge in [0.2, 0.25) is 0 Å².